The summed E-state index contributed by atoms with van der Waals surface area (Å²) in [6.07, 6.45) is 4.44. The Labute approximate surface area is 140 Å². The molecule has 0 N–H and O–H groups in total. The molecule has 0 bridgehead atoms. The third-order valence-electron chi connectivity index (χ3n) is 3.78. The number of hydrogen-bond acceptors (Lipinski definition) is 3. The summed E-state index contributed by atoms with van der Waals surface area (Å²) in [6, 6.07) is 19.0. The Kier molecular flexibility index (Phi) is 4.44. The van der Waals surface area contributed by atoms with Crippen molar-refractivity contribution in [1.82, 2.24) is 4.90 Å². The second kappa shape index (κ2) is 6.84. The molecule has 1 amide bonds. The molecule has 1 aliphatic rings. The molecule has 0 spiro atoms. The molecule has 0 saturated heterocycles. The van der Waals surface area contributed by atoms with Crippen molar-refractivity contribution >= 4 is 6.09 Å². The molecular weight excluding hydrogens is 300 g/mol. The lowest BCUT2D eigenvalue weighted by atomic mass is 9.90. The highest BCUT2D eigenvalue weighted by atomic mass is 16.6. The van der Waals surface area contributed by atoms with Crippen LogP contribution in [0.25, 0.3) is 0 Å². The van der Waals surface area contributed by atoms with Crippen LogP contribution in [0.1, 0.15) is 17.0 Å². The lowest BCUT2D eigenvalue weighted by molar-refractivity contribution is 0.181. The Morgan fingerprint density at radius 1 is 1.12 bits per heavy atom. The molecule has 1 aliphatic heterocycles. The highest BCUT2D eigenvalue weighted by Gasteiger charge is 2.22. The maximum Gasteiger partial charge on any atom is 0.423 e. The van der Waals surface area contributed by atoms with Gasteiger partial charge in [0.2, 0.25) is 0 Å². The SMILES string of the molecule is Cc1ccc(C2C=CN(C(=O)Oc3ccccc3)C=C2C#N)cc1. The molecule has 2 aromatic rings. The van der Waals surface area contributed by atoms with Gasteiger partial charge < -0.3 is 4.74 Å². The van der Waals surface area contributed by atoms with Crippen molar-refractivity contribution < 1.29 is 9.53 Å². The number of rotatable bonds is 2. The molecule has 4 heteroatoms. The van der Waals surface area contributed by atoms with E-state index in [0.29, 0.717) is 11.3 Å². The summed E-state index contributed by atoms with van der Waals surface area (Å²) < 4.78 is 5.29. The van der Waals surface area contributed by atoms with Crippen LogP contribution in [0.2, 0.25) is 0 Å². The third-order valence-corrected chi connectivity index (χ3v) is 3.78. The van der Waals surface area contributed by atoms with Crippen molar-refractivity contribution in [3.05, 3.63) is 89.8 Å². The number of amides is 1. The number of hydrogen-bond donors (Lipinski definition) is 0. The van der Waals surface area contributed by atoms with Gasteiger partial charge in [-0.3, -0.25) is 4.90 Å². The van der Waals surface area contributed by atoms with Crippen molar-refractivity contribution in [3.63, 3.8) is 0 Å². The number of nitriles is 1. The number of carbonyl (C=O) groups is 1. The van der Waals surface area contributed by atoms with Crippen LogP contribution in [-0.4, -0.2) is 11.0 Å². The normalized spacial score (nSPS) is 16.2. The number of allylic oxidation sites excluding steroid dienone is 2. The van der Waals surface area contributed by atoms with Crippen LogP contribution in [0.4, 0.5) is 4.79 Å². The van der Waals surface area contributed by atoms with Crippen molar-refractivity contribution in [2.45, 2.75) is 12.8 Å². The fourth-order valence-electron chi connectivity index (χ4n) is 2.47. The third kappa shape index (κ3) is 3.36. The molecule has 2 aromatic carbocycles. The molecule has 0 aromatic heterocycles. The molecule has 0 fully saturated rings. The van der Waals surface area contributed by atoms with Crippen molar-refractivity contribution in [2.75, 3.05) is 0 Å². The topological polar surface area (TPSA) is 53.3 Å². The van der Waals surface area contributed by atoms with E-state index in [9.17, 15) is 10.1 Å². The van der Waals surface area contributed by atoms with Crippen LogP contribution in [0, 0.1) is 18.3 Å². The van der Waals surface area contributed by atoms with Crippen molar-refractivity contribution in [2.24, 2.45) is 0 Å². The Morgan fingerprint density at radius 2 is 1.83 bits per heavy atom. The summed E-state index contributed by atoms with van der Waals surface area (Å²) in [5, 5.41) is 9.44. The summed E-state index contributed by atoms with van der Waals surface area (Å²) in [5.41, 5.74) is 2.67. The summed E-state index contributed by atoms with van der Waals surface area (Å²) in [4.78, 5) is 13.5. The minimum atomic E-state index is -0.549. The number of aryl methyl sites for hydroxylation is 1. The Hall–Kier alpha value is -3.32. The van der Waals surface area contributed by atoms with E-state index in [2.05, 4.69) is 6.07 Å². The zero-order valence-electron chi connectivity index (χ0n) is 13.2. The molecule has 3 rings (SSSR count). The van der Waals surface area contributed by atoms with Crippen LogP contribution in [-0.2, 0) is 0 Å². The highest BCUT2D eigenvalue weighted by Crippen LogP contribution is 2.29. The standard InChI is InChI=1S/C20H16N2O2/c1-15-7-9-16(10-8-15)19-11-12-22(14-17(19)13-21)20(23)24-18-5-3-2-4-6-18/h2-12,14,19H,1H3. The molecule has 1 unspecified atom stereocenters. The van der Waals surface area contributed by atoms with Gasteiger partial charge in [-0.2, -0.15) is 5.26 Å². The van der Waals surface area contributed by atoms with Crippen LogP contribution in [0.5, 0.6) is 5.75 Å². The van der Waals surface area contributed by atoms with Gasteiger partial charge in [0.05, 0.1) is 11.6 Å². The molecular formula is C20H16N2O2. The van der Waals surface area contributed by atoms with Gasteiger partial charge in [0.1, 0.15) is 5.75 Å². The first-order chi connectivity index (χ1) is 11.7. The largest absolute Gasteiger partial charge is 0.423 e. The van der Waals surface area contributed by atoms with E-state index in [4.69, 9.17) is 4.74 Å². The van der Waals surface area contributed by atoms with Gasteiger partial charge in [0.25, 0.3) is 0 Å². The van der Waals surface area contributed by atoms with E-state index < -0.39 is 6.09 Å². The average Bonchev–Trinajstić information content (AvgIpc) is 2.62. The monoisotopic (exact) mass is 316 g/mol. The summed E-state index contributed by atoms with van der Waals surface area (Å²) in [5.74, 6) is 0.305. The lowest BCUT2D eigenvalue weighted by Gasteiger charge is -2.22. The lowest BCUT2D eigenvalue weighted by Crippen LogP contribution is -2.27. The molecule has 0 radical (unpaired) electrons. The first kappa shape index (κ1) is 15.6. The molecule has 0 saturated carbocycles. The van der Waals surface area contributed by atoms with E-state index in [-0.39, 0.29) is 5.92 Å². The first-order valence-corrected chi connectivity index (χ1v) is 7.59. The van der Waals surface area contributed by atoms with Crippen molar-refractivity contribution in [1.29, 1.82) is 5.26 Å². The fraction of sp³-hybridized carbons (Fsp3) is 0.100. The zero-order valence-corrected chi connectivity index (χ0v) is 13.2. The second-order valence-electron chi connectivity index (χ2n) is 5.51. The van der Waals surface area contributed by atoms with E-state index in [0.717, 1.165) is 11.1 Å². The van der Waals surface area contributed by atoms with Gasteiger partial charge in [0, 0.05) is 18.3 Å². The molecule has 1 atom stereocenters. The minimum absolute atomic E-state index is 0.156. The fourth-order valence-corrected chi connectivity index (χ4v) is 2.47. The number of benzene rings is 2. The van der Waals surface area contributed by atoms with Gasteiger partial charge >= 0.3 is 6.09 Å². The van der Waals surface area contributed by atoms with Gasteiger partial charge in [-0.1, -0.05) is 54.1 Å². The summed E-state index contributed by atoms with van der Waals surface area (Å²) in [6.45, 7) is 2.02. The predicted octanol–water partition coefficient (Wildman–Crippen LogP) is 4.51. The van der Waals surface area contributed by atoms with E-state index >= 15 is 0 Å². The first-order valence-electron chi connectivity index (χ1n) is 7.59. The minimum Gasteiger partial charge on any atom is -0.410 e. The van der Waals surface area contributed by atoms with Crippen LogP contribution >= 0.6 is 0 Å². The van der Waals surface area contributed by atoms with Gasteiger partial charge in [-0.15, -0.1) is 0 Å². The Balaban J connectivity index is 1.78. The van der Waals surface area contributed by atoms with E-state index in [1.807, 2.05) is 43.3 Å². The summed E-state index contributed by atoms with van der Waals surface area (Å²) >= 11 is 0. The number of ether oxygens (including phenoxy) is 1. The van der Waals surface area contributed by atoms with E-state index in [1.54, 1.807) is 30.5 Å². The van der Waals surface area contributed by atoms with Crippen LogP contribution in [0.15, 0.2) is 78.6 Å². The molecule has 118 valence electrons. The molecule has 24 heavy (non-hydrogen) atoms. The molecule has 1 heterocycles. The van der Waals surface area contributed by atoms with Gasteiger partial charge in [-0.25, -0.2) is 4.79 Å². The second-order valence-corrected chi connectivity index (χ2v) is 5.51. The van der Waals surface area contributed by atoms with Crippen LogP contribution in [0.3, 0.4) is 0 Å². The highest BCUT2D eigenvalue weighted by molar-refractivity contribution is 5.74. The Bertz CT molecular complexity index is 830. The molecule has 4 nitrogen and oxygen atoms in total. The van der Waals surface area contributed by atoms with Crippen LogP contribution < -0.4 is 4.74 Å². The van der Waals surface area contributed by atoms with Crippen molar-refractivity contribution in [3.8, 4) is 11.8 Å². The zero-order chi connectivity index (χ0) is 16.9. The van der Waals surface area contributed by atoms with Gasteiger partial charge in [0.15, 0.2) is 0 Å². The predicted molar refractivity (Wildman–Crippen MR) is 91.1 cm³/mol. The Morgan fingerprint density at radius 3 is 2.50 bits per heavy atom. The number of para-hydroxylation sites is 1. The van der Waals surface area contributed by atoms with Gasteiger partial charge in [-0.05, 0) is 24.6 Å². The maximum atomic E-state index is 12.2. The molecule has 0 aliphatic carbocycles. The number of nitrogens with zero attached hydrogens (tertiary/aromatic N) is 2. The smallest absolute Gasteiger partial charge is 0.410 e. The summed E-state index contributed by atoms with van der Waals surface area (Å²) in [7, 11) is 0. The van der Waals surface area contributed by atoms with E-state index in [1.165, 1.54) is 11.1 Å². The maximum absolute atomic E-state index is 12.2. The quantitative estimate of drug-likeness (QED) is 0.819. The number of carbonyl (C=O) groups excluding carboxylic acids is 1. The average molecular weight is 316 g/mol.